The molecule has 16 heavy (non-hydrogen) atoms. The van der Waals surface area contributed by atoms with Crippen molar-refractivity contribution in [2.75, 3.05) is 0 Å². The van der Waals surface area contributed by atoms with Gasteiger partial charge in [0, 0.05) is 18.0 Å². The maximum absolute atomic E-state index is 11.6. The molecule has 0 fully saturated rings. The Hall–Kier alpha value is -1.64. The van der Waals surface area contributed by atoms with Crippen molar-refractivity contribution in [3.8, 4) is 0 Å². The molecule has 0 N–H and O–H groups in total. The number of aromatic nitrogens is 2. The highest BCUT2D eigenvalue weighted by molar-refractivity contribution is 6.07. The lowest BCUT2D eigenvalue weighted by Gasteiger charge is -2.03. The van der Waals surface area contributed by atoms with Gasteiger partial charge in [0.05, 0.1) is 11.2 Å². The van der Waals surface area contributed by atoms with Crippen LogP contribution >= 0.6 is 0 Å². The van der Waals surface area contributed by atoms with Crippen LogP contribution in [0.3, 0.4) is 0 Å². The average molecular weight is 216 g/mol. The molecule has 3 heteroatoms. The number of aryl methyl sites for hydroxylation is 1. The zero-order chi connectivity index (χ0) is 11.9. The molecule has 1 aromatic heterocycles. The second-order valence-electron chi connectivity index (χ2n) is 4.42. The minimum Gasteiger partial charge on any atom is -0.294 e. The summed E-state index contributed by atoms with van der Waals surface area (Å²) in [7, 11) is 1.91. The standard InChI is InChI=1S/C13H16N2O/c1-8(2)13-12-10(9(3)16)6-5-7-11(12)15(4)14-13/h5-8H,1-4H3. The fraction of sp³-hybridized carbons (Fsp3) is 0.385. The van der Waals surface area contributed by atoms with Crippen LogP contribution in [0.1, 0.15) is 42.7 Å². The van der Waals surface area contributed by atoms with Crippen LogP contribution in [0.25, 0.3) is 10.9 Å². The molecule has 2 aromatic rings. The molecule has 0 aliphatic heterocycles. The first-order valence-corrected chi connectivity index (χ1v) is 5.49. The van der Waals surface area contributed by atoms with Crippen LogP contribution in [0.4, 0.5) is 0 Å². The second-order valence-corrected chi connectivity index (χ2v) is 4.42. The van der Waals surface area contributed by atoms with Crippen LogP contribution in [0.15, 0.2) is 18.2 Å². The van der Waals surface area contributed by atoms with Crippen LogP contribution in [0.2, 0.25) is 0 Å². The summed E-state index contributed by atoms with van der Waals surface area (Å²) in [5, 5.41) is 5.50. The van der Waals surface area contributed by atoms with E-state index in [1.54, 1.807) is 6.92 Å². The van der Waals surface area contributed by atoms with Crippen LogP contribution in [-0.4, -0.2) is 15.6 Å². The lowest BCUT2D eigenvalue weighted by atomic mass is 10.00. The number of hydrogen-bond acceptors (Lipinski definition) is 2. The quantitative estimate of drug-likeness (QED) is 0.723. The maximum atomic E-state index is 11.6. The lowest BCUT2D eigenvalue weighted by molar-refractivity contribution is 0.101. The van der Waals surface area contributed by atoms with Gasteiger partial charge in [0.15, 0.2) is 5.78 Å². The van der Waals surface area contributed by atoms with Gasteiger partial charge < -0.3 is 0 Å². The molecule has 0 aliphatic rings. The summed E-state index contributed by atoms with van der Waals surface area (Å²) in [6.45, 7) is 5.79. The molecule has 84 valence electrons. The minimum absolute atomic E-state index is 0.0977. The predicted octanol–water partition coefficient (Wildman–Crippen LogP) is 2.90. The summed E-state index contributed by atoms with van der Waals surface area (Å²) >= 11 is 0. The van der Waals surface area contributed by atoms with Gasteiger partial charge in [0.1, 0.15) is 0 Å². The number of nitrogens with zero attached hydrogens (tertiary/aromatic N) is 2. The van der Waals surface area contributed by atoms with Crippen LogP contribution in [0.5, 0.6) is 0 Å². The molecule has 3 nitrogen and oxygen atoms in total. The third-order valence-corrected chi connectivity index (χ3v) is 2.83. The van der Waals surface area contributed by atoms with Gasteiger partial charge in [-0.3, -0.25) is 9.48 Å². The molecule has 1 heterocycles. The average Bonchev–Trinajstić information content (AvgIpc) is 2.56. The molecule has 0 amide bonds. The molecular formula is C13H16N2O. The Morgan fingerprint density at radius 2 is 2.06 bits per heavy atom. The number of carbonyl (C=O) groups is 1. The Kier molecular flexibility index (Phi) is 2.54. The molecule has 0 saturated heterocycles. The lowest BCUT2D eigenvalue weighted by Crippen LogP contribution is -1.96. The molecule has 0 aliphatic carbocycles. The Labute approximate surface area is 95.1 Å². The summed E-state index contributed by atoms with van der Waals surface area (Å²) in [4.78, 5) is 11.6. The van der Waals surface area contributed by atoms with Crippen molar-refractivity contribution >= 4 is 16.7 Å². The van der Waals surface area contributed by atoms with Gasteiger partial charge in [-0.25, -0.2) is 0 Å². The predicted molar refractivity (Wildman–Crippen MR) is 64.8 cm³/mol. The molecule has 0 spiro atoms. The van der Waals surface area contributed by atoms with Gasteiger partial charge >= 0.3 is 0 Å². The van der Waals surface area contributed by atoms with Crippen molar-refractivity contribution in [1.29, 1.82) is 0 Å². The van der Waals surface area contributed by atoms with E-state index >= 15 is 0 Å². The SMILES string of the molecule is CC(=O)c1cccc2c1c(C(C)C)nn2C. The number of carbonyl (C=O) groups excluding carboxylic acids is 1. The van der Waals surface area contributed by atoms with E-state index in [-0.39, 0.29) is 5.78 Å². The first-order valence-electron chi connectivity index (χ1n) is 5.49. The van der Waals surface area contributed by atoms with Gasteiger partial charge in [-0.1, -0.05) is 26.0 Å². The summed E-state index contributed by atoms with van der Waals surface area (Å²) in [5.74, 6) is 0.421. The first kappa shape index (κ1) is 10.9. The minimum atomic E-state index is 0.0977. The molecule has 0 unspecified atom stereocenters. The zero-order valence-corrected chi connectivity index (χ0v) is 10.1. The van der Waals surface area contributed by atoms with E-state index in [0.29, 0.717) is 5.92 Å². The molecule has 1 aromatic carbocycles. The van der Waals surface area contributed by atoms with Crippen molar-refractivity contribution in [1.82, 2.24) is 9.78 Å². The number of rotatable bonds is 2. The van der Waals surface area contributed by atoms with E-state index < -0.39 is 0 Å². The van der Waals surface area contributed by atoms with Gasteiger partial charge in [-0.05, 0) is 18.9 Å². The highest BCUT2D eigenvalue weighted by Crippen LogP contribution is 2.27. The van der Waals surface area contributed by atoms with Gasteiger partial charge in [-0.15, -0.1) is 0 Å². The van der Waals surface area contributed by atoms with Crippen molar-refractivity contribution < 1.29 is 4.79 Å². The molecule has 0 atom stereocenters. The molecule has 0 radical (unpaired) electrons. The monoisotopic (exact) mass is 216 g/mol. The van der Waals surface area contributed by atoms with Crippen LogP contribution in [0, 0.1) is 0 Å². The first-order chi connectivity index (χ1) is 7.52. The van der Waals surface area contributed by atoms with E-state index in [1.165, 1.54) is 0 Å². The van der Waals surface area contributed by atoms with Crippen molar-refractivity contribution in [3.63, 3.8) is 0 Å². The summed E-state index contributed by atoms with van der Waals surface area (Å²) in [5.41, 5.74) is 2.80. The third kappa shape index (κ3) is 1.52. The zero-order valence-electron chi connectivity index (χ0n) is 10.1. The Morgan fingerprint density at radius 3 is 2.62 bits per heavy atom. The Balaban J connectivity index is 2.88. The second kappa shape index (κ2) is 3.74. The van der Waals surface area contributed by atoms with E-state index in [2.05, 4.69) is 18.9 Å². The van der Waals surface area contributed by atoms with E-state index in [0.717, 1.165) is 22.2 Å². The van der Waals surface area contributed by atoms with E-state index in [9.17, 15) is 4.79 Å². The number of benzene rings is 1. The smallest absolute Gasteiger partial charge is 0.160 e. The van der Waals surface area contributed by atoms with E-state index in [1.807, 2.05) is 29.9 Å². The van der Waals surface area contributed by atoms with Crippen molar-refractivity contribution in [3.05, 3.63) is 29.5 Å². The summed E-state index contributed by atoms with van der Waals surface area (Å²) in [6, 6.07) is 5.78. The maximum Gasteiger partial charge on any atom is 0.160 e. The fourth-order valence-corrected chi connectivity index (χ4v) is 2.04. The Morgan fingerprint density at radius 1 is 1.38 bits per heavy atom. The van der Waals surface area contributed by atoms with Gasteiger partial charge in [0.25, 0.3) is 0 Å². The normalized spacial score (nSPS) is 11.3. The van der Waals surface area contributed by atoms with Crippen molar-refractivity contribution in [2.24, 2.45) is 7.05 Å². The molecule has 0 saturated carbocycles. The Bertz CT molecular complexity index is 552. The highest BCUT2D eigenvalue weighted by atomic mass is 16.1. The number of hydrogen-bond donors (Lipinski definition) is 0. The highest BCUT2D eigenvalue weighted by Gasteiger charge is 2.16. The summed E-state index contributed by atoms with van der Waals surface area (Å²) in [6.07, 6.45) is 0. The van der Waals surface area contributed by atoms with Crippen LogP contribution in [-0.2, 0) is 7.05 Å². The topological polar surface area (TPSA) is 34.9 Å². The molecule has 0 bridgehead atoms. The fourth-order valence-electron chi connectivity index (χ4n) is 2.04. The van der Waals surface area contributed by atoms with Gasteiger partial charge in [0.2, 0.25) is 0 Å². The van der Waals surface area contributed by atoms with Crippen molar-refractivity contribution in [2.45, 2.75) is 26.7 Å². The number of fused-ring (bicyclic) bond motifs is 1. The molecule has 2 rings (SSSR count). The number of Topliss-reactive ketones (excluding diaryl/α,β-unsaturated/α-hetero) is 1. The molecular weight excluding hydrogens is 200 g/mol. The summed E-state index contributed by atoms with van der Waals surface area (Å²) < 4.78 is 1.84. The van der Waals surface area contributed by atoms with E-state index in [4.69, 9.17) is 0 Å². The number of ketones is 1. The third-order valence-electron chi connectivity index (χ3n) is 2.83. The van der Waals surface area contributed by atoms with Crippen LogP contribution < -0.4 is 0 Å². The van der Waals surface area contributed by atoms with Gasteiger partial charge in [-0.2, -0.15) is 5.10 Å². The largest absolute Gasteiger partial charge is 0.294 e.